The summed E-state index contributed by atoms with van der Waals surface area (Å²) in [7, 11) is 1.69. The van der Waals surface area contributed by atoms with Gasteiger partial charge in [0, 0.05) is 38.1 Å². The van der Waals surface area contributed by atoms with Crippen molar-refractivity contribution in [3.63, 3.8) is 0 Å². The summed E-state index contributed by atoms with van der Waals surface area (Å²) in [6, 6.07) is 9.20. The molecule has 17 heteroatoms. The van der Waals surface area contributed by atoms with Gasteiger partial charge in [0.05, 0.1) is 33.2 Å². The maximum atomic E-state index is 14.0. The molecule has 0 bridgehead atoms. The lowest BCUT2D eigenvalue weighted by Crippen LogP contribution is -2.39. The highest BCUT2D eigenvalue weighted by atomic mass is 35.5. The molecule has 2 amide bonds. The number of carbonyl (C=O) groups is 2. The van der Waals surface area contributed by atoms with Gasteiger partial charge in [0.25, 0.3) is 11.8 Å². The van der Waals surface area contributed by atoms with E-state index in [1.165, 1.54) is 12.1 Å². The molecule has 3 heterocycles. The van der Waals surface area contributed by atoms with E-state index < -0.39 is 41.4 Å². The van der Waals surface area contributed by atoms with Crippen LogP contribution >= 0.6 is 23.2 Å². The number of aromatic nitrogens is 3. The fourth-order valence-corrected chi connectivity index (χ4v) is 6.23. The number of nitrogens with zero attached hydrogens (tertiary/aromatic N) is 4. The van der Waals surface area contributed by atoms with Crippen LogP contribution in [0.2, 0.25) is 10.0 Å². The van der Waals surface area contributed by atoms with Crippen molar-refractivity contribution in [3.8, 4) is 0 Å². The van der Waals surface area contributed by atoms with Gasteiger partial charge in [-0.25, -0.2) is 14.4 Å². The molecule has 0 unspecified atom stereocenters. The molecule has 4 aromatic rings. The number of anilines is 2. The molecule has 50 heavy (non-hydrogen) atoms. The Hall–Kier alpha value is -4.11. The minimum atomic E-state index is -4.76. The SMILES string of the molecule is Cn1c(Cc2c(Cl)ccc(CNC(=O)C(C)(C)F)c2Cl)nc2cc(C(=O)Nc3cccc(C(F)(F)F)n3)c(N3CCC(C(F)(F)F)CC3)cc21. The zero-order chi connectivity index (χ0) is 36.8. The second kappa shape index (κ2) is 13.9. The van der Waals surface area contributed by atoms with Crippen molar-refractivity contribution < 1.29 is 40.3 Å². The molecule has 0 spiro atoms. The highest BCUT2D eigenvalue weighted by molar-refractivity contribution is 6.36. The second-order valence-electron chi connectivity index (χ2n) is 12.4. The van der Waals surface area contributed by atoms with Gasteiger partial charge in [0.1, 0.15) is 17.3 Å². The number of fused-ring (bicyclic) bond motifs is 1. The molecule has 0 aliphatic carbocycles. The average molecular weight is 748 g/mol. The van der Waals surface area contributed by atoms with Crippen molar-refractivity contribution in [1.82, 2.24) is 19.9 Å². The summed E-state index contributed by atoms with van der Waals surface area (Å²) in [5.41, 5.74) is -1.37. The molecule has 1 aliphatic rings. The van der Waals surface area contributed by atoms with E-state index in [9.17, 15) is 40.3 Å². The predicted molar refractivity (Wildman–Crippen MR) is 175 cm³/mol. The molecular weight excluding hydrogens is 716 g/mol. The third kappa shape index (κ3) is 8.09. The van der Waals surface area contributed by atoms with Crippen LogP contribution in [0.15, 0.2) is 42.5 Å². The van der Waals surface area contributed by atoms with Crippen LogP contribution in [-0.2, 0) is 31.0 Å². The van der Waals surface area contributed by atoms with Crippen molar-refractivity contribution in [2.24, 2.45) is 13.0 Å². The van der Waals surface area contributed by atoms with Gasteiger partial charge in [-0.05, 0) is 68.1 Å². The normalized spacial score (nSPS) is 14.7. The molecule has 2 N–H and O–H groups in total. The summed E-state index contributed by atoms with van der Waals surface area (Å²) in [6.45, 7) is 2.10. The molecule has 0 radical (unpaired) electrons. The number of rotatable bonds is 8. The van der Waals surface area contributed by atoms with E-state index in [1.54, 1.807) is 34.7 Å². The van der Waals surface area contributed by atoms with E-state index in [4.69, 9.17) is 23.2 Å². The Morgan fingerprint density at radius 3 is 2.26 bits per heavy atom. The Balaban J connectivity index is 1.51. The number of aryl methyl sites for hydroxylation is 1. The Morgan fingerprint density at radius 2 is 1.64 bits per heavy atom. The molecule has 2 aromatic carbocycles. The quantitative estimate of drug-likeness (QED) is 0.177. The van der Waals surface area contributed by atoms with Crippen LogP contribution in [0.3, 0.4) is 0 Å². The average Bonchev–Trinajstić information content (AvgIpc) is 3.34. The van der Waals surface area contributed by atoms with Crippen LogP contribution < -0.4 is 15.5 Å². The smallest absolute Gasteiger partial charge is 0.371 e. The number of pyridine rings is 1. The fraction of sp³-hybridized carbons (Fsp3) is 0.394. The van der Waals surface area contributed by atoms with E-state index >= 15 is 0 Å². The van der Waals surface area contributed by atoms with Crippen molar-refractivity contribution in [3.05, 3.63) is 80.7 Å². The van der Waals surface area contributed by atoms with Gasteiger partial charge in [0.2, 0.25) is 0 Å². The number of imidazole rings is 1. The first-order chi connectivity index (χ1) is 23.2. The molecule has 8 nitrogen and oxygen atoms in total. The lowest BCUT2D eigenvalue weighted by Gasteiger charge is -2.35. The summed E-state index contributed by atoms with van der Waals surface area (Å²) in [6.07, 6.45) is -9.50. The predicted octanol–water partition coefficient (Wildman–Crippen LogP) is 8.28. The van der Waals surface area contributed by atoms with Crippen LogP contribution in [0.4, 0.5) is 42.2 Å². The maximum Gasteiger partial charge on any atom is 0.433 e. The van der Waals surface area contributed by atoms with E-state index in [2.05, 4.69) is 20.6 Å². The molecule has 1 saturated heterocycles. The number of benzene rings is 2. The second-order valence-corrected chi connectivity index (χ2v) is 13.2. The number of hydrogen-bond acceptors (Lipinski definition) is 5. The van der Waals surface area contributed by atoms with Crippen LogP contribution in [0.1, 0.15) is 59.7 Å². The first-order valence-corrected chi connectivity index (χ1v) is 16.1. The topological polar surface area (TPSA) is 92.1 Å². The van der Waals surface area contributed by atoms with Crippen LogP contribution in [0.5, 0.6) is 0 Å². The Labute approximate surface area is 292 Å². The first-order valence-electron chi connectivity index (χ1n) is 15.3. The highest BCUT2D eigenvalue weighted by Crippen LogP contribution is 2.38. The fourth-order valence-electron chi connectivity index (χ4n) is 5.66. The largest absolute Gasteiger partial charge is 0.433 e. The van der Waals surface area contributed by atoms with Gasteiger partial charge < -0.3 is 20.1 Å². The third-order valence-electron chi connectivity index (χ3n) is 8.50. The van der Waals surface area contributed by atoms with Gasteiger partial charge in [-0.15, -0.1) is 0 Å². The number of alkyl halides is 7. The molecule has 1 aliphatic heterocycles. The van der Waals surface area contributed by atoms with Crippen LogP contribution in [0, 0.1) is 5.92 Å². The van der Waals surface area contributed by atoms with Crippen LogP contribution in [0.25, 0.3) is 11.0 Å². The molecule has 2 aromatic heterocycles. The Bertz CT molecular complexity index is 1930. The summed E-state index contributed by atoms with van der Waals surface area (Å²) in [4.78, 5) is 35.5. The Morgan fingerprint density at radius 1 is 0.960 bits per heavy atom. The summed E-state index contributed by atoms with van der Waals surface area (Å²) < 4.78 is 95.9. The number of halogens is 9. The summed E-state index contributed by atoms with van der Waals surface area (Å²) >= 11 is 13.2. The molecule has 268 valence electrons. The Kier molecular flexibility index (Phi) is 10.3. The number of nitrogens with one attached hydrogen (secondary N) is 2. The summed E-state index contributed by atoms with van der Waals surface area (Å²) in [5, 5.41) is 5.36. The van der Waals surface area contributed by atoms with Gasteiger partial charge >= 0.3 is 12.4 Å². The van der Waals surface area contributed by atoms with Gasteiger partial charge in [-0.2, -0.15) is 26.3 Å². The number of hydrogen-bond donors (Lipinski definition) is 2. The molecular formula is C33H31Cl2F7N6O2. The highest BCUT2D eigenvalue weighted by Gasteiger charge is 2.41. The first kappa shape index (κ1) is 37.2. The third-order valence-corrected chi connectivity index (χ3v) is 9.32. The molecule has 0 saturated carbocycles. The summed E-state index contributed by atoms with van der Waals surface area (Å²) in [5.74, 6) is -3.13. The lowest BCUT2D eigenvalue weighted by atomic mass is 9.95. The minimum absolute atomic E-state index is 0.0311. The zero-order valence-electron chi connectivity index (χ0n) is 26.9. The van der Waals surface area contributed by atoms with E-state index in [0.717, 1.165) is 26.0 Å². The van der Waals surface area contributed by atoms with E-state index in [0.29, 0.717) is 28.0 Å². The standard InChI is InChI=1S/C33H31Cl2F7N6O2/c1-31(2,36)30(50)43-16-17-7-8-21(34)19(28(17)35)14-27-44-22-13-20(29(49)46-26-6-4-5-25(45-26)33(40,41)42)23(15-24(22)47(27)3)48-11-9-18(10-12-48)32(37,38)39/h4-8,13,15,18H,9-12,14,16H2,1-3H3,(H,43,50)(H,45,46,49). The molecule has 5 rings (SSSR count). The lowest BCUT2D eigenvalue weighted by molar-refractivity contribution is -0.179. The molecule has 0 atom stereocenters. The van der Waals surface area contributed by atoms with Crippen molar-refractivity contribution in [1.29, 1.82) is 0 Å². The maximum absolute atomic E-state index is 14.0. The van der Waals surface area contributed by atoms with E-state index in [-0.39, 0.29) is 66.0 Å². The van der Waals surface area contributed by atoms with Crippen molar-refractivity contribution >= 4 is 57.6 Å². The van der Waals surface area contributed by atoms with Crippen molar-refractivity contribution in [2.75, 3.05) is 23.3 Å². The molecule has 1 fully saturated rings. The number of piperidine rings is 1. The monoisotopic (exact) mass is 746 g/mol. The van der Waals surface area contributed by atoms with Crippen LogP contribution in [-0.4, -0.2) is 51.3 Å². The van der Waals surface area contributed by atoms with E-state index in [1.807, 2.05) is 0 Å². The number of amides is 2. The zero-order valence-corrected chi connectivity index (χ0v) is 28.4. The minimum Gasteiger partial charge on any atom is -0.371 e. The van der Waals surface area contributed by atoms with Gasteiger partial charge in [-0.3, -0.25) is 9.59 Å². The van der Waals surface area contributed by atoms with Crippen molar-refractivity contribution in [2.45, 2.75) is 57.7 Å². The van der Waals surface area contributed by atoms with Gasteiger partial charge in [0.15, 0.2) is 5.67 Å². The van der Waals surface area contributed by atoms with Gasteiger partial charge in [-0.1, -0.05) is 35.3 Å². The number of carbonyl (C=O) groups excluding carboxylic acids is 2.